The van der Waals surface area contributed by atoms with Gasteiger partial charge in [0.25, 0.3) is 0 Å². The van der Waals surface area contributed by atoms with Crippen LogP contribution >= 0.6 is 11.8 Å². The fraction of sp³-hybridized carbons (Fsp3) is 0.333. The highest BCUT2D eigenvalue weighted by atomic mass is 32.2. The van der Waals surface area contributed by atoms with E-state index in [0.29, 0.717) is 17.5 Å². The zero-order valence-corrected chi connectivity index (χ0v) is 18.9. The largest absolute Gasteiger partial charge is 0.372 e. The normalized spacial score (nSPS) is 14.1. The smallest absolute Gasteiger partial charge is 0.234 e. The van der Waals surface area contributed by atoms with Crippen LogP contribution in [0.1, 0.15) is 25.7 Å². The quantitative estimate of drug-likeness (QED) is 0.400. The molecular formula is C24H28N6OS. The van der Waals surface area contributed by atoms with E-state index in [4.69, 9.17) is 0 Å². The Balaban J connectivity index is 1.36. The minimum Gasteiger partial charge on any atom is -0.372 e. The molecule has 1 aromatic carbocycles. The second kappa shape index (κ2) is 10.9. The second-order valence-electron chi connectivity index (χ2n) is 7.73. The van der Waals surface area contributed by atoms with Gasteiger partial charge in [0, 0.05) is 49.0 Å². The number of anilines is 2. The number of allylic oxidation sites excluding steroid dienone is 1. The average Bonchev–Trinajstić information content (AvgIpc) is 3.03. The fourth-order valence-corrected chi connectivity index (χ4v) is 4.56. The van der Waals surface area contributed by atoms with Crippen LogP contribution in [0.3, 0.4) is 0 Å². The van der Waals surface area contributed by atoms with Crippen LogP contribution in [-0.2, 0) is 11.3 Å². The summed E-state index contributed by atoms with van der Waals surface area (Å²) in [5.41, 5.74) is 2.90. The van der Waals surface area contributed by atoms with E-state index < -0.39 is 0 Å². The van der Waals surface area contributed by atoms with Gasteiger partial charge >= 0.3 is 0 Å². The van der Waals surface area contributed by atoms with Crippen molar-refractivity contribution in [2.24, 2.45) is 0 Å². The Morgan fingerprint density at radius 3 is 2.56 bits per heavy atom. The second-order valence-corrected chi connectivity index (χ2v) is 8.67. The standard InChI is InChI=1S/C24H28N6OS/c1-2-14-30-23(19-8-7-13-25-17-19)27-28-24(30)32-18-22(31)26-20-9-11-21(12-10-20)29-15-5-3-4-6-16-29/h2,7-13,17H,1,3-6,14-16,18H2,(H,26,31). The number of rotatable bonds is 8. The zero-order valence-electron chi connectivity index (χ0n) is 18.1. The molecule has 0 unspecified atom stereocenters. The van der Waals surface area contributed by atoms with Crippen LogP contribution in [0.2, 0.25) is 0 Å². The molecule has 3 heterocycles. The number of amides is 1. The molecule has 1 aliphatic heterocycles. The number of carbonyl (C=O) groups excluding carboxylic acids is 1. The Morgan fingerprint density at radius 2 is 1.88 bits per heavy atom. The van der Waals surface area contributed by atoms with E-state index >= 15 is 0 Å². The molecule has 1 amide bonds. The molecule has 1 fully saturated rings. The zero-order chi connectivity index (χ0) is 22.2. The molecule has 0 bridgehead atoms. The maximum Gasteiger partial charge on any atom is 0.234 e. The van der Waals surface area contributed by atoms with Crippen molar-refractivity contribution < 1.29 is 4.79 Å². The molecule has 1 N–H and O–H groups in total. The van der Waals surface area contributed by atoms with E-state index in [9.17, 15) is 4.79 Å². The van der Waals surface area contributed by atoms with E-state index in [0.717, 1.165) is 24.3 Å². The summed E-state index contributed by atoms with van der Waals surface area (Å²) in [5.74, 6) is 0.884. The summed E-state index contributed by atoms with van der Waals surface area (Å²) >= 11 is 1.36. The molecule has 0 atom stereocenters. The molecule has 7 nitrogen and oxygen atoms in total. The lowest BCUT2D eigenvalue weighted by Crippen LogP contribution is -2.23. The molecule has 0 spiro atoms. The first kappa shape index (κ1) is 22.1. The molecule has 0 aliphatic carbocycles. The van der Waals surface area contributed by atoms with Crippen molar-refractivity contribution in [3.8, 4) is 11.4 Å². The summed E-state index contributed by atoms with van der Waals surface area (Å²) < 4.78 is 1.94. The van der Waals surface area contributed by atoms with Crippen LogP contribution in [0.4, 0.5) is 11.4 Å². The van der Waals surface area contributed by atoms with Crippen molar-refractivity contribution in [2.75, 3.05) is 29.1 Å². The van der Waals surface area contributed by atoms with E-state index in [2.05, 4.69) is 44.1 Å². The highest BCUT2D eigenvalue weighted by Gasteiger charge is 2.15. The van der Waals surface area contributed by atoms with Crippen LogP contribution in [0.25, 0.3) is 11.4 Å². The van der Waals surface area contributed by atoms with Gasteiger partial charge in [0.2, 0.25) is 5.91 Å². The number of nitrogens with zero attached hydrogens (tertiary/aromatic N) is 5. The van der Waals surface area contributed by atoms with Crippen LogP contribution in [0.5, 0.6) is 0 Å². The fourth-order valence-electron chi connectivity index (χ4n) is 3.81. The molecule has 2 aromatic heterocycles. The molecule has 4 rings (SSSR count). The van der Waals surface area contributed by atoms with Gasteiger partial charge in [-0.15, -0.1) is 16.8 Å². The Morgan fingerprint density at radius 1 is 1.09 bits per heavy atom. The van der Waals surface area contributed by atoms with Crippen molar-refractivity contribution in [2.45, 2.75) is 37.4 Å². The number of hydrogen-bond acceptors (Lipinski definition) is 6. The number of aromatic nitrogens is 4. The Kier molecular flexibility index (Phi) is 7.55. The molecule has 3 aromatic rings. The van der Waals surface area contributed by atoms with Gasteiger partial charge in [0.1, 0.15) is 0 Å². The predicted molar refractivity (Wildman–Crippen MR) is 130 cm³/mol. The van der Waals surface area contributed by atoms with Gasteiger partial charge in [-0.3, -0.25) is 14.3 Å². The Bertz CT molecular complexity index is 1030. The van der Waals surface area contributed by atoms with Gasteiger partial charge in [-0.25, -0.2) is 0 Å². The number of benzene rings is 1. The van der Waals surface area contributed by atoms with Crippen LogP contribution in [0.15, 0.2) is 66.6 Å². The van der Waals surface area contributed by atoms with E-state index in [-0.39, 0.29) is 11.7 Å². The third-order valence-corrected chi connectivity index (χ3v) is 6.37. The lowest BCUT2D eigenvalue weighted by molar-refractivity contribution is -0.113. The van der Waals surface area contributed by atoms with Gasteiger partial charge in [0.15, 0.2) is 11.0 Å². The summed E-state index contributed by atoms with van der Waals surface area (Å²) in [6.45, 7) is 6.59. The van der Waals surface area contributed by atoms with E-state index in [1.807, 2.05) is 28.8 Å². The van der Waals surface area contributed by atoms with Crippen molar-refractivity contribution in [1.82, 2.24) is 19.7 Å². The van der Waals surface area contributed by atoms with Crippen molar-refractivity contribution >= 4 is 29.0 Å². The van der Waals surface area contributed by atoms with Gasteiger partial charge < -0.3 is 10.2 Å². The highest BCUT2D eigenvalue weighted by molar-refractivity contribution is 7.99. The number of carbonyl (C=O) groups is 1. The Hall–Kier alpha value is -3.13. The first-order valence-electron chi connectivity index (χ1n) is 11.0. The van der Waals surface area contributed by atoms with Gasteiger partial charge in [-0.2, -0.15) is 0 Å². The number of nitrogens with one attached hydrogen (secondary N) is 1. The molecule has 0 saturated carbocycles. The van der Waals surface area contributed by atoms with Crippen molar-refractivity contribution in [1.29, 1.82) is 0 Å². The van der Waals surface area contributed by atoms with Crippen LogP contribution in [0, 0.1) is 0 Å². The lowest BCUT2D eigenvalue weighted by atomic mass is 10.2. The summed E-state index contributed by atoms with van der Waals surface area (Å²) in [4.78, 5) is 19.1. The van der Waals surface area contributed by atoms with E-state index in [1.54, 1.807) is 18.5 Å². The minimum atomic E-state index is -0.0754. The molecule has 8 heteroatoms. The number of hydrogen-bond donors (Lipinski definition) is 1. The summed E-state index contributed by atoms with van der Waals surface area (Å²) in [5, 5.41) is 12.2. The topological polar surface area (TPSA) is 75.9 Å². The third-order valence-electron chi connectivity index (χ3n) is 5.40. The number of pyridine rings is 1. The maximum absolute atomic E-state index is 12.5. The van der Waals surface area contributed by atoms with Gasteiger partial charge in [-0.05, 0) is 49.2 Å². The highest BCUT2D eigenvalue weighted by Crippen LogP contribution is 2.25. The Labute approximate surface area is 193 Å². The minimum absolute atomic E-state index is 0.0754. The van der Waals surface area contributed by atoms with Crippen LogP contribution in [-0.4, -0.2) is 44.5 Å². The van der Waals surface area contributed by atoms with Gasteiger partial charge in [-0.1, -0.05) is 30.7 Å². The molecule has 166 valence electrons. The molecule has 32 heavy (non-hydrogen) atoms. The molecule has 1 aliphatic rings. The maximum atomic E-state index is 12.5. The first-order valence-corrected chi connectivity index (χ1v) is 12.0. The SMILES string of the molecule is C=CCn1c(SCC(=O)Nc2ccc(N3CCCCCC3)cc2)nnc1-c1cccnc1. The predicted octanol–water partition coefficient (Wildman–Crippen LogP) is 4.64. The third kappa shape index (κ3) is 5.56. The lowest BCUT2D eigenvalue weighted by Gasteiger charge is -2.22. The van der Waals surface area contributed by atoms with E-state index in [1.165, 1.54) is 43.1 Å². The average molecular weight is 449 g/mol. The first-order chi connectivity index (χ1) is 15.7. The number of thioether (sulfide) groups is 1. The summed E-state index contributed by atoms with van der Waals surface area (Å²) in [6.07, 6.45) is 10.4. The monoisotopic (exact) mass is 448 g/mol. The molecule has 0 radical (unpaired) electrons. The van der Waals surface area contributed by atoms with Crippen LogP contribution < -0.4 is 10.2 Å². The van der Waals surface area contributed by atoms with Crippen molar-refractivity contribution in [3.63, 3.8) is 0 Å². The van der Waals surface area contributed by atoms with Crippen molar-refractivity contribution in [3.05, 3.63) is 61.4 Å². The van der Waals surface area contributed by atoms with Gasteiger partial charge in [0.05, 0.1) is 5.75 Å². The summed E-state index contributed by atoms with van der Waals surface area (Å²) in [6, 6.07) is 11.9. The molecular weight excluding hydrogens is 420 g/mol. The molecule has 1 saturated heterocycles. The summed E-state index contributed by atoms with van der Waals surface area (Å²) in [7, 11) is 0.